The molecule has 3 heterocycles. The van der Waals surface area contributed by atoms with Crippen LogP contribution >= 0.6 is 0 Å². The number of rotatable bonds is 5. The van der Waals surface area contributed by atoms with Gasteiger partial charge in [-0.25, -0.2) is 4.79 Å². The molecule has 0 radical (unpaired) electrons. The summed E-state index contributed by atoms with van der Waals surface area (Å²) in [5, 5.41) is 0.795. The smallest absolute Gasteiger partial charge is 0.361 e. The van der Waals surface area contributed by atoms with Crippen LogP contribution in [0.4, 0.5) is 26.3 Å². The van der Waals surface area contributed by atoms with Gasteiger partial charge in [-0.05, 0) is 56.3 Å². The highest BCUT2D eigenvalue weighted by Gasteiger charge is 2.42. The Kier molecular flexibility index (Phi) is 8.50. The lowest BCUT2D eigenvalue weighted by molar-refractivity contribution is -0.143. The monoisotopic (exact) mass is 621 g/mol. The predicted molar refractivity (Wildman–Crippen MR) is 148 cm³/mol. The zero-order valence-corrected chi connectivity index (χ0v) is 23.6. The van der Waals surface area contributed by atoms with Crippen LogP contribution in [0.3, 0.4) is 0 Å². The molecule has 1 N–H and O–H groups in total. The minimum atomic E-state index is -5.15. The lowest BCUT2D eigenvalue weighted by Crippen LogP contribution is -2.59. The molecule has 0 bridgehead atoms. The summed E-state index contributed by atoms with van der Waals surface area (Å²) in [4.78, 5) is 48.6. The van der Waals surface area contributed by atoms with Gasteiger partial charge in [-0.1, -0.05) is 18.2 Å². The molecule has 2 saturated heterocycles. The third-order valence-corrected chi connectivity index (χ3v) is 8.03. The Labute approximate surface area is 248 Å². The van der Waals surface area contributed by atoms with Crippen LogP contribution in [0.2, 0.25) is 0 Å². The van der Waals surface area contributed by atoms with E-state index in [9.17, 15) is 40.7 Å². The van der Waals surface area contributed by atoms with Gasteiger partial charge in [-0.15, -0.1) is 0 Å². The van der Waals surface area contributed by atoms with Crippen LogP contribution in [-0.4, -0.2) is 94.7 Å². The maximum atomic E-state index is 13.7. The predicted octanol–water partition coefficient (Wildman–Crippen LogP) is 4.41. The third-order valence-electron chi connectivity index (χ3n) is 8.03. The molecular weight excluding hydrogens is 592 g/mol. The molecule has 0 unspecified atom stereocenters. The van der Waals surface area contributed by atoms with Crippen LogP contribution in [0.5, 0.6) is 0 Å². The van der Waals surface area contributed by atoms with Gasteiger partial charge < -0.3 is 19.7 Å². The van der Waals surface area contributed by atoms with Gasteiger partial charge in [-0.3, -0.25) is 14.5 Å². The van der Waals surface area contributed by atoms with E-state index >= 15 is 0 Å². The van der Waals surface area contributed by atoms with Crippen LogP contribution < -0.4 is 0 Å². The molecule has 0 aliphatic carbocycles. The van der Waals surface area contributed by atoms with Crippen molar-refractivity contribution < 1.29 is 40.7 Å². The highest BCUT2D eigenvalue weighted by atomic mass is 19.4. The molecule has 234 valence electrons. The van der Waals surface area contributed by atoms with Gasteiger partial charge in [0.25, 0.3) is 5.91 Å². The molecule has 14 heteroatoms. The van der Waals surface area contributed by atoms with E-state index in [1.165, 1.54) is 4.90 Å². The molecule has 1 atom stereocenters. The molecule has 2 aromatic carbocycles. The van der Waals surface area contributed by atoms with Crippen molar-refractivity contribution in [3.63, 3.8) is 0 Å². The SMILES string of the molecule is CN1CCCN(C(=C=O)N2C[C@@H](Cc3c[nH]c4ccccc34)N(C(=O)c3cc(C(F)(F)F)cc(C(F)(F)F)c3)CC2=O)CC1. The number of H-pyrrole nitrogens is 1. The maximum absolute atomic E-state index is 13.7. The van der Waals surface area contributed by atoms with E-state index in [0.29, 0.717) is 43.8 Å². The van der Waals surface area contributed by atoms with Crippen molar-refractivity contribution in [3.8, 4) is 0 Å². The average molecular weight is 622 g/mol. The molecule has 8 nitrogen and oxygen atoms in total. The number of benzene rings is 2. The molecule has 0 spiro atoms. The first-order chi connectivity index (χ1) is 20.8. The average Bonchev–Trinajstić information content (AvgIpc) is 3.25. The van der Waals surface area contributed by atoms with Gasteiger partial charge in [0.2, 0.25) is 5.91 Å². The number of amides is 2. The number of nitrogens with zero attached hydrogens (tertiary/aromatic N) is 4. The summed E-state index contributed by atoms with van der Waals surface area (Å²) in [5.74, 6) is -0.00824. The minimum Gasteiger partial charge on any atom is -0.361 e. The maximum Gasteiger partial charge on any atom is 0.416 e. The molecule has 0 saturated carbocycles. The summed E-state index contributed by atoms with van der Waals surface area (Å²) in [6, 6.07) is 7.03. The second kappa shape index (κ2) is 12.0. The van der Waals surface area contributed by atoms with Crippen LogP contribution in [0.25, 0.3) is 10.9 Å². The molecule has 2 aliphatic heterocycles. The Balaban J connectivity index is 1.53. The number of hydrogen-bond donors (Lipinski definition) is 1. The number of para-hydroxylation sites is 1. The number of aromatic amines is 1. The molecule has 1 aromatic heterocycles. The van der Waals surface area contributed by atoms with Crippen molar-refractivity contribution >= 4 is 28.7 Å². The van der Waals surface area contributed by atoms with Crippen molar-refractivity contribution in [1.82, 2.24) is 24.6 Å². The number of piperazine rings is 1. The summed E-state index contributed by atoms with van der Waals surface area (Å²) >= 11 is 0. The van der Waals surface area contributed by atoms with Crippen molar-refractivity contribution in [1.29, 1.82) is 0 Å². The number of aromatic nitrogens is 1. The fourth-order valence-electron chi connectivity index (χ4n) is 5.74. The fourth-order valence-corrected chi connectivity index (χ4v) is 5.74. The first kappa shape index (κ1) is 31.1. The normalized spacial score (nSPS) is 18.8. The summed E-state index contributed by atoms with van der Waals surface area (Å²) in [7, 11) is 1.93. The molecule has 3 aromatic rings. The number of fused-ring (bicyclic) bond motifs is 1. The first-order valence-corrected chi connectivity index (χ1v) is 13.9. The van der Waals surface area contributed by atoms with Crippen molar-refractivity contribution in [2.45, 2.75) is 31.2 Å². The Morgan fingerprint density at radius 1 is 0.977 bits per heavy atom. The standard InChI is InChI=1S/C30H29F6N5O3/c1-38-7-4-8-39(10-9-38)26(18-42)41-16-23(13-20-15-37-25-6-3-2-5-24(20)25)40(17-27(41)43)28(44)19-11-21(29(31,32)33)14-22(12-19)30(34,35)36/h2-3,5-6,11-12,14-15,23,37H,4,7-10,13,16-17H2,1H3/t23-/m1/s1. The molecule has 2 aliphatic rings. The number of alkyl halides is 6. The zero-order chi connectivity index (χ0) is 31.8. The molecule has 44 heavy (non-hydrogen) atoms. The number of hydrogen-bond acceptors (Lipinski definition) is 5. The summed E-state index contributed by atoms with van der Waals surface area (Å²) < 4.78 is 81.5. The highest BCUT2D eigenvalue weighted by molar-refractivity contribution is 5.98. The largest absolute Gasteiger partial charge is 0.416 e. The second-order valence-corrected chi connectivity index (χ2v) is 11.0. The Hall–Kier alpha value is -4.29. The van der Waals surface area contributed by atoms with Gasteiger partial charge in [0, 0.05) is 48.8 Å². The van der Waals surface area contributed by atoms with Gasteiger partial charge in [0.05, 0.1) is 17.2 Å². The van der Waals surface area contributed by atoms with Crippen molar-refractivity contribution in [2.75, 3.05) is 46.3 Å². The Bertz CT molecular complexity index is 1580. The summed E-state index contributed by atoms with van der Waals surface area (Å²) in [5.41, 5.74) is -2.62. The fraction of sp³-hybridized carbons (Fsp3) is 0.400. The number of likely N-dealkylation sites (N-methyl/N-ethyl adjacent to an activating group) is 1. The van der Waals surface area contributed by atoms with Gasteiger partial charge >= 0.3 is 12.4 Å². The second-order valence-electron chi connectivity index (χ2n) is 11.0. The molecule has 5 rings (SSSR count). The van der Waals surface area contributed by atoms with Crippen molar-refractivity contribution in [3.05, 3.63) is 76.7 Å². The quantitative estimate of drug-likeness (QED) is 0.338. The van der Waals surface area contributed by atoms with Gasteiger partial charge in [0.1, 0.15) is 6.54 Å². The Morgan fingerprint density at radius 2 is 1.66 bits per heavy atom. The summed E-state index contributed by atoms with van der Waals surface area (Å²) in [6.45, 7) is 1.42. The van der Waals surface area contributed by atoms with E-state index in [-0.39, 0.29) is 24.9 Å². The number of carbonyl (C=O) groups excluding carboxylic acids is 3. The number of halogens is 6. The van der Waals surface area contributed by atoms with Crippen LogP contribution in [-0.2, 0) is 28.4 Å². The molecule has 2 fully saturated rings. The van der Waals surface area contributed by atoms with E-state index in [2.05, 4.69) is 9.88 Å². The number of nitrogens with one attached hydrogen (secondary N) is 1. The first-order valence-electron chi connectivity index (χ1n) is 13.9. The van der Waals surface area contributed by atoms with E-state index in [1.54, 1.807) is 17.2 Å². The van der Waals surface area contributed by atoms with Crippen LogP contribution in [0, 0.1) is 0 Å². The van der Waals surface area contributed by atoms with Gasteiger partial charge in [0.15, 0.2) is 11.8 Å². The molecular formula is C30H29F6N5O3. The zero-order valence-electron chi connectivity index (χ0n) is 23.6. The van der Waals surface area contributed by atoms with Crippen LogP contribution in [0.15, 0.2) is 54.5 Å². The lowest BCUT2D eigenvalue weighted by atomic mass is 9.98. The topological polar surface area (TPSA) is 80.0 Å². The van der Waals surface area contributed by atoms with E-state index in [1.807, 2.05) is 31.2 Å². The van der Waals surface area contributed by atoms with Crippen LogP contribution in [0.1, 0.15) is 33.5 Å². The third kappa shape index (κ3) is 6.46. The lowest BCUT2D eigenvalue weighted by Gasteiger charge is -2.43. The van der Waals surface area contributed by atoms with E-state index in [4.69, 9.17) is 0 Å². The van der Waals surface area contributed by atoms with Gasteiger partial charge in [-0.2, -0.15) is 26.3 Å². The van der Waals surface area contributed by atoms with Crippen molar-refractivity contribution in [2.24, 2.45) is 0 Å². The van der Waals surface area contributed by atoms with E-state index in [0.717, 1.165) is 22.3 Å². The van der Waals surface area contributed by atoms with E-state index < -0.39 is 53.4 Å². The number of carbonyl (C=O) groups is 2. The highest BCUT2D eigenvalue weighted by Crippen LogP contribution is 2.37. The Morgan fingerprint density at radius 3 is 2.32 bits per heavy atom. The minimum absolute atomic E-state index is 0.0141. The summed E-state index contributed by atoms with van der Waals surface area (Å²) in [6.07, 6.45) is -7.80. The molecule has 2 amide bonds.